The number of nitrogens with one attached hydrogen (secondary N) is 2. The number of carbonyl (C=O) groups is 2. The van der Waals surface area contributed by atoms with E-state index in [0.717, 1.165) is 31.3 Å². The number of urea groups is 1. The summed E-state index contributed by atoms with van der Waals surface area (Å²) in [6, 6.07) is 7.34. The lowest BCUT2D eigenvalue weighted by Gasteiger charge is -2.21. The quantitative estimate of drug-likeness (QED) is 0.263. The van der Waals surface area contributed by atoms with Crippen LogP contribution in [0.1, 0.15) is 12.0 Å². The van der Waals surface area contributed by atoms with E-state index >= 15 is 8.78 Å². The van der Waals surface area contributed by atoms with Gasteiger partial charge in [-0.15, -0.1) is 0 Å². The number of halogens is 6. The fourth-order valence-electron chi connectivity index (χ4n) is 4.33. The minimum atomic E-state index is -4.78. The molecule has 1 aliphatic heterocycles. The fourth-order valence-corrected chi connectivity index (χ4v) is 5.63. The normalized spacial score (nSPS) is 15.8. The topological polar surface area (TPSA) is 97.0 Å². The summed E-state index contributed by atoms with van der Waals surface area (Å²) in [5, 5.41) is 4.27. The number of nitrogens with zero attached hydrogens (tertiary/aromatic N) is 1. The van der Waals surface area contributed by atoms with Crippen LogP contribution in [0.15, 0.2) is 54.6 Å². The van der Waals surface area contributed by atoms with Gasteiger partial charge in [0.25, 0.3) is 0 Å². The average Bonchev–Trinajstić information content (AvgIpc) is 3.29. The molecule has 0 radical (unpaired) electrons. The van der Waals surface area contributed by atoms with Gasteiger partial charge < -0.3 is 24.6 Å². The molecule has 0 saturated carbocycles. The summed E-state index contributed by atoms with van der Waals surface area (Å²) in [6.07, 6.45) is -4.81. The van der Waals surface area contributed by atoms with Gasteiger partial charge in [-0.05, 0) is 42.8 Å². The lowest BCUT2D eigenvalue weighted by Crippen LogP contribution is -2.43. The van der Waals surface area contributed by atoms with Gasteiger partial charge in [0, 0.05) is 31.9 Å². The first-order chi connectivity index (χ1) is 19.3. The molecule has 2 N–H and O–H groups in total. The average molecular weight is 601 g/mol. The Labute approximate surface area is 229 Å². The van der Waals surface area contributed by atoms with E-state index in [1.54, 1.807) is 0 Å². The van der Waals surface area contributed by atoms with E-state index in [9.17, 15) is 31.7 Å². The molecule has 1 fully saturated rings. The standard InChI is InChI=1S/C26H22F6N3O5P/c1-39-41(38,40-2)21-6-4-3-5-15(21)16-8-10-20(23(29)22(16)28)35-12-11-19(24(35)36)34-25(37)33-18-9-7-14(13-17(18)27)26(30,31)32/h3-10,13,19H,11-12H2,1-2H3,(H2,33,34,37)/t19-/m1/s1. The molecule has 1 heterocycles. The zero-order chi connectivity index (χ0) is 30.1. The van der Waals surface area contributed by atoms with Gasteiger partial charge in [0.15, 0.2) is 11.6 Å². The highest BCUT2D eigenvalue weighted by Gasteiger charge is 2.37. The molecule has 218 valence electrons. The van der Waals surface area contributed by atoms with Gasteiger partial charge in [-0.3, -0.25) is 9.36 Å². The summed E-state index contributed by atoms with van der Waals surface area (Å²) in [6.45, 7) is -0.118. The molecule has 1 saturated heterocycles. The lowest BCUT2D eigenvalue weighted by atomic mass is 10.0. The van der Waals surface area contributed by atoms with Crippen molar-refractivity contribution < 1.29 is 49.5 Å². The van der Waals surface area contributed by atoms with Crippen LogP contribution in [-0.2, 0) is 24.6 Å². The molecule has 41 heavy (non-hydrogen) atoms. The van der Waals surface area contributed by atoms with E-state index < -0.39 is 66.1 Å². The van der Waals surface area contributed by atoms with Crippen LogP contribution in [0.3, 0.4) is 0 Å². The molecule has 3 amide bonds. The lowest BCUT2D eigenvalue weighted by molar-refractivity contribution is -0.137. The third kappa shape index (κ3) is 5.95. The molecule has 0 unspecified atom stereocenters. The number of amides is 3. The third-order valence-corrected chi connectivity index (χ3v) is 8.32. The monoisotopic (exact) mass is 601 g/mol. The van der Waals surface area contributed by atoms with Crippen LogP contribution in [0.4, 0.5) is 42.5 Å². The van der Waals surface area contributed by atoms with Gasteiger partial charge in [0.1, 0.15) is 11.9 Å². The Morgan fingerprint density at radius 2 is 1.66 bits per heavy atom. The highest BCUT2D eigenvalue weighted by Crippen LogP contribution is 2.48. The molecule has 8 nitrogen and oxygen atoms in total. The van der Waals surface area contributed by atoms with Crippen molar-refractivity contribution >= 4 is 36.2 Å². The van der Waals surface area contributed by atoms with Crippen molar-refractivity contribution in [1.82, 2.24) is 5.32 Å². The van der Waals surface area contributed by atoms with E-state index in [2.05, 4.69) is 5.32 Å². The Kier molecular flexibility index (Phi) is 8.48. The van der Waals surface area contributed by atoms with Crippen LogP contribution >= 0.6 is 7.60 Å². The first-order valence-corrected chi connectivity index (χ1v) is 13.4. The summed E-state index contributed by atoms with van der Waals surface area (Å²) in [4.78, 5) is 26.1. The number of carbonyl (C=O) groups excluding carboxylic acids is 2. The SMILES string of the molecule is COP(=O)(OC)c1ccccc1-c1ccc(N2CC[C@@H](NC(=O)Nc3ccc(C(F)(F)F)cc3F)C2=O)c(F)c1F. The Hall–Kier alpha value is -3.87. The second-order valence-corrected chi connectivity index (χ2v) is 11.0. The number of anilines is 2. The number of alkyl halides is 3. The maximum Gasteiger partial charge on any atom is 0.416 e. The Bertz CT molecular complexity index is 1540. The minimum Gasteiger partial charge on any atom is -0.326 e. The van der Waals surface area contributed by atoms with Crippen LogP contribution in [-0.4, -0.2) is 38.7 Å². The molecule has 0 aromatic heterocycles. The molecule has 4 rings (SSSR count). The van der Waals surface area contributed by atoms with E-state index in [-0.39, 0.29) is 35.5 Å². The molecule has 1 aliphatic rings. The van der Waals surface area contributed by atoms with Gasteiger partial charge in [-0.25, -0.2) is 18.0 Å². The summed E-state index contributed by atoms with van der Waals surface area (Å²) >= 11 is 0. The second-order valence-electron chi connectivity index (χ2n) is 8.76. The maximum atomic E-state index is 15.3. The van der Waals surface area contributed by atoms with Gasteiger partial charge in [0.05, 0.1) is 22.2 Å². The molecular weight excluding hydrogens is 579 g/mol. The fraction of sp³-hybridized carbons (Fsp3) is 0.231. The molecule has 0 spiro atoms. The highest BCUT2D eigenvalue weighted by molar-refractivity contribution is 7.62. The van der Waals surface area contributed by atoms with Crippen molar-refractivity contribution in [2.75, 3.05) is 31.0 Å². The van der Waals surface area contributed by atoms with Crippen molar-refractivity contribution in [2.45, 2.75) is 18.6 Å². The van der Waals surface area contributed by atoms with Crippen molar-refractivity contribution in [2.24, 2.45) is 0 Å². The minimum absolute atomic E-state index is 0.00643. The smallest absolute Gasteiger partial charge is 0.326 e. The molecule has 15 heteroatoms. The molecule has 3 aromatic carbocycles. The predicted molar refractivity (Wildman–Crippen MR) is 137 cm³/mol. The van der Waals surface area contributed by atoms with Crippen molar-refractivity contribution in [3.63, 3.8) is 0 Å². The maximum absolute atomic E-state index is 15.3. The van der Waals surface area contributed by atoms with E-state index in [0.29, 0.717) is 6.07 Å². The van der Waals surface area contributed by atoms with E-state index in [1.807, 2.05) is 5.32 Å². The van der Waals surface area contributed by atoms with E-state index in [1.165, 1.54) is 30.3 Å². The number of rotatable bonds is 7. The number of hydrogen-bond donors (Lipinski definition) is 2. The summed E-state index contributed by atoms with van der Waals surface area (Å²) in [5.41, 5.74) is -2.46. The number of benzene rings is 3. The summed E-state index contributed by atoms with van der Waals surface area (Å²) < 4.78 is 106. The molecular formula is C26H22F6N3O5P. The Balaban J connectivity index is 1.52. The third-order valence-electron chi connectivity index (χ3n) is 6.38. The zero-order valence-corrected chi connectivity index (χ0v) is 22.3. The zero-order valence-electron chi connectivity index (χ0n) is 21.4. The van der Waals surface area contributed by atoms with Crippen LogP contribution < -0.4 is 20.8 Å². The van der Waals surface area contributed by atoms with Crippen LogP contribution in [0, 0.1) is 17.5 Å². The van der Waals surface area contributed by atoms with Crippen molar-refractivity contribution in [3.8, 4) is 11.1 Å². The van der Waals surface area contributed by atoms with Crippen LogP contribution in [0.25, 0.3) is 11.1 Å². The Morgan fingerprint density at radius 1 is 0.976 bits per heavy atom. The first-order valence-electron chi connectivity index (χ1n) is 11.9. The van der Waals surface area contributed by atoms with Gasteiger partial charge in [0.2, 0.25) is 5.91 Å². The Morgan fingerprint density at radius 3 is 2.29 bits per heavy atom. The van der Waals surface area contributed by atoms with Gasteiger partial charge in [-0.1, -0.05) is 18.2 Å². The molecule has 3 aromatic rings. The van der Waals surface area contributed by atoms with Crippen molar-refractivity contribution in [1.29, 1.82) is 0 Å². The number of hydrogen-bond acceptors (Lipinski definition) is 5. The molecule has 0 aliphatic carbocycles. The van der Waals surface area contributed by atoms with Gasteiger partial charge >= 0.3 is 19.8 Å². The highest BCUT2D eigenvalue weighted by atomic mass is 31.2. The summed E-state index contributed by atoms with van der Waals surface area (Å²) in [7, 11) is -1.56. The molecule has 1 atom stereocenters. The largest absolute Gasteiger partial charge is 0.416 e. The first kappa shape index (κ1) is 30.1. The predicted octanol–water partition coefficient (Wildman–Crippen LogP) is 5.83. The van der Waals surface area contributed by atoms with Crippen LogP contribution in [0.2, 0.25) is 0 Å². The molecule has 0 bridgehead atoms. The summed E-state index contributed by atoms with van der Waals surface area (Å²) in [5.74, 6) is -4.87. The van der Waals surface area contributed by atoms with Crippen molar-refractivity contribution in [3.05, 3.63) is 77.6 Å². The van der Waals surface area contributed by atoms with Crippen LogP contribution in [0.5, 0.6) is 0 Å². The van der Waals surface area contributed by atoms with Gasteiger partial charge in [-0.2, -0.15) is 13.2 Å². The van der Waals surface area contributed by atoms with E-state index in [4.69, 9.17) is 9.05 Å². The second kappa shape index (κ2) is 11.6.